The Morgan fingerprint density at radius 2 is 2.21 bits per heavy atom. The molecule has 7 heteroatoms. The number of likely N-dealkylation sites (N-methyl/N-ethyl adjacent to an activating group) is 1. The van der Waals surface area contributed by atoms with Crippen LogP contribution in [-0.4, -0.2) is 40.6 Å². The fraction of sp³-hybridized carbons (Fsp3) is 0.471. The van der Waals surface area contributed by atoms with Gasteiger partial charge in [-0.2, -0.15) is 4.98 Å². The van der Waals surface area contributed by atoms with Crippen LogP contribution in [0.5, 0.6) is 0 Å². The highest BCUT2D eigenvalue weighted by atomic mass is 19.1. The highest BCUT2D eigenvalue weighted by molar-refractivity contribution is 5.81. The monoisotopic (exact) mass is 332 g/mol. The molecule has 24 heavy (non-hydrogen) atoms. The lowest BCUT2D eigenvalue weighted by molar-refractivity contribution is -0.126. The molecule has 3 rings (SSSR count). The van der Waals surface area contributed by atoms with Gasteiger partial charge in [0, 0.05) is 0 Å². The van der Waals surface area contributed by atoms with Gasteiger partial charge in [-0.25, -0.2) is 4.39 Å². The summed E-state index contributed by atoms with van der Waals surface area (Å²) in [5, 5.41) is 6.62. The van der Waals surface area contributed by atoms with E-state index in [2.05, 4.69) is 20.4 Å². The molecule has 0 radical (unpaired) electrons. The molecule has 6 nitrogen and oxygen atoms in total. The fourth-order valence-electron chi connectivity index (χ4n) is 2.94. The van der Waals surface area contributed by atoms with Crippen LogP contribution in [0.4, 0.5) is 4.39 Å². The van der Waals surface area contributed by atoms with Gasteiger partial charge in [0.05, 0.1) is 18.2 Å². The Kier molecular flexibility index (Phi) is 5.20. The summed E-state index contributed by atoms with van der Waals surface area (Å²) >= 11 is 0. The van der Waals surface area contributed by atoms with Gasteiger partial charge >= 0.3 is 0 Å². The van der Waals surface area contributed by atoms with Crippen LogP contribution in [0, 0.1) is 5.82 Å². The topological polar surface area (TPSA) is 71.3 Å². The molecule has 1 amide bonds. The van der Waals surface area contributed by atoms with E-state index in [1.165, 1.54) is 6.07 Å². The third-order valence-electron chi connectivity index (χ3n) is 4.32. The summed E-state index contributed by atoms with van der Waals surface area (Å²) < 4.78 is 18.8. The first-order valence-corrected chi connectivity index (χ1v) is 8.20. The lowest BCUT2D eigenvalue weighted by Crippen LogP contribution is -2.44. The van der Waals surface area contributed by atoms with Crippen molar-refractivity contribution >= 4 is 5.91 Å². The second-order valence-electron chi connectivity index (χ2n) is 6.06. The van der Waals surface area contributed by atoms with Crippen molar-refractivity contribution in [2.45, 2.75) is 38.3 Å². The summed E-state index contributed by atoms with van der Waals surface area (Å²) in [6, 6.07) is 6.11. The number of likely N-dealkylation sites (tertiary alicyclic amines) is 1. The number of hydrogen-bond acceptors (Lipinski definition) is 5. The van der Waals surface area contributed by atoms with Crippen molar-refractivity contribution in [3.63, 3.8) is 0 Å². The number of carbonyl (C=O) groups is 1. The zero-order valence-corrected chi connectivity index (χ0v) is 13.7. The van der Waals surface area contributed by atoms with Gasteiger partial charge in [-0.3, -0.25) is 9.69 Å². The first kappa shape index (κ1) is 16.6. The van der Waals surface area contributed by atoms with Crippen molar-refractivity contribution in [2.75, 3.05) is 13.6 Å². The highest BCUT2D eigenvalue weighted by Crippen LogP contribution is 2.19. The van der Waals surface area contributed by atoms with Gasteiger partial charge in [0.15, 0.2) is 0 Å². The Morgan fingerprint density at radius 3 is 3.04 bits per heavy atom. The maximum Gasteiger partial charge on any atom is 0.246 e. The van der Waals surface area contributed by atoms with Crippen LogP contribution in [0.2, 0.25) is 0 Å². The summed E-state index contributed by atoms with van der Waals surface area (Å²) in [5.41, 5.74) is 0.280. The molecule has 1 saturated heterocycles. The number of nitrogens with one attached hydrogen (secondary N) is 1. The maximum absolute atomic E-state index is 13.7. The van der Waals surface area contributed by atoms with Gasteiger partial charge < -0.3 is 9.84 Å². The molecule has 1 atom stereocenters. The number of benzene rings is 1. The molecule has 1 aliphatic rings. The van der Waals surface area contributed by atoms with Crippen LogP contribution < -0.4 is 5.32 Å². The Hall–Kier alpha value is -2.28. The summed E-state index contributed by atoms with van der Waals surface area (Å²) in [7, 11) is 1.97. The molecule has 1 N–H and O–H groups in total. The first-order chi connectivity index (χ1) is 11.6. The smallest absolute Gasteiger partial charge is 0.246 e. The van der Waals surface area contributed by atoms with Crippen LogP contribution >= 0.6 is 0 Å². The van der Waals surface area contributed by atoms with Crippen molar-refractivity contribution in [2.24, 2.45) is 0 Å². The van der Waals surface area contributed by atoms with E-state index in [0.29, 0.717) is 0 Å². The number of rotatable bonds is 4. The largest absolute Gasteiger partial charge is 0.346 e. The number of hydrogen-bond donors (Lipinski definition) is 1. The molecule has 1 aromatic heterocycles. The van der Waals surface area contributed by atoms with Crippen LogP contribution in [0.25, 0.3) is 11.4 Å². The number of halogens is 1. The van der Waals surface area contributed by atoms with E-state index in [1.807, 2.05) is 7.05 Å². The molecule has 1 aliphatic heterocycles. The third-order valence-corrected chi connectivity index (χ3v) is 4.32. The normalized spacial score (nSPS) is 19.0. The van der Waals surface area contributed by atoms with Gasteiger partial charge in [0.2, 0.25) is 17.6 Å². The first-order valence-electron chi connectivity index (χ1n) is 8.20. The molecule has 1 unspecified atom stereocenters. The summed E-state index contributed by atoms with van der Waals surface area (Å²) in [4.78, 5) is 18.6. The van der Waals surface area contributed by atoms with Crippen molar-refractivity contribution in [3.05, 3.63) is 36.0 Å². The maximum atomic E-state index is 13.7. The van der Waals surface area contributed by atoms with Crippen molar-refractivity contribution in [1.82, 2.24) is 20.4 Å². The van der Waals surface area contributed by atoms with Gasteiger partial charge in [-0.05, 0) is 38.6 Å². The average Bonchev–Trinajstić information content (AvgIpc) is 2.94. The Morgan fingerprint density at radius 1 is 1.38 bits per heavy atom. The molecular weight excluding hydrogens is 311 g/mol. The standard InChI is InChI=1S/C17H21FN4O2/c1-22-10-6-2-3-9-14(22)17(23)19-11-15-20-16(21-24-15)12-7-4-5-8-13(12)18/h4-5,7-8,14H,2-3,6,9-11H2,1H3,(H,19,23). The average molecular weight is 332 g/mol. The molecule has 1 aromatic carbocycles. The molecule has 0 bridgehead atoms. The zero-order valence-electron chi connectivity index (χ0n) is 13.7. The molecule has 0 aliphatic carbocycles. The van der Waals surface area contributed by atoms with E-state index in [9.17, 15) is 9.18 Å². The summed E-state index contributed by atoms with van der Waals surface area (Å²) in [6.45, 7) is 1.07. The number of nitrogens with zero attached hydrogens (tertiary/aromatic N) is 3. The van der Waals surface area contributed by atoms with Crippen LogP contribution in [0.15, 0.2) is 28.8 Å². The van der Waals surface area contributed by atoms with Crippen molar-refractivity contribution in [3.8, 4) is 11.4 Å². The van der Waals surface area contributed by atoms with E-state index < -0.39 is 5.82 Å². The van der Waals surface area contributed by atoms with Crippen LogP contribution in [0.1, 0.15) is 31.6 Å². The molecule has 128 valence electrons. The number of amides is 1. The predicted octanol–water partition coefficient (Wildman–Crippen LogP) is 2.37. The fourth-order valence-corrected chi connectivity index (χ4v) is 2.94. The minimum absolute atomic E-state index is 0.0370. The summed E-state index contributed by atoms with van der Waals surface area (Å²) in [6.07, 6.45) is 4.19. The minimum atomic E-state index is -0.408. The molecular formula is C17H21FN4O2. The predicted molar refractivity (Wildman–Crippen MR) is 86.4 cm³/mol. The molecule has 0 saturated carbocycles. The highest BCUT2D eigenvalue weighted by Gasteiger charge is 2.24. The van der Waals surface area contributed by atoms with Gasteiger partial charge in [0.1, 0.15) is 5.82 Å². The lowest BCUT2D eigenvalue weighted by atomic mass is 10.1. The van der Waals surface area contributed by atoms with E-state index in [4.69, 9.17) is 4.52 Å². The van der Waals surface area contributed by atoms with Gasteiger partial charge in [-0.15, -0.1) is 0 Å². The third kappa shape index (κ3) is 3.79. The molecule has 0 spiro atoms. The second kappa shape index (κ2) is 7.53. The van der Waals surface area contributed by atoms with Crippen molar-refractivity contribution in [1.29, 1.82) is 0 Å². The lowest BCUT2D eigenvalue weighted by Gasteiger charge is -2.24. The minimum Gasteiger partial charge on any atom is -0.346 e. The number of carbonyl (C=O) groups excluding carboxylic acids is 1. The van der Waals surface area contributed by atoms with E-state index >= 15 is 0 Å². The van der Waals surface area contributed by atoms with Crippen LogP contribution in [0.3, 0.4) is 0 Å². The quantitative estimate of drug-likeness (QED) is 0.931. The molecule has 2 aromatic rings. The Balaban J connectivity index is 1.61. The SMILES string of the molecule is CN1CCCCCC1C(=O)NCc1nc(-c2ccccc2F)no1. The second-order valence-corrected chi connectivity index (χ2v) is 6.06. The molecule has 2 heterocycles. The van der Waals surface area contributed by atoms with E-state index in [1.54, 1.807) is 18.2 Å². The van der Waals surface area contributed by atoms with Crippen molar-refractivity contribution < 1.29 is 13.7 Å². The van der Waals surface area contributed by atoms with Gasteiger partial charge in [-0.1, -0.05) is 30.1 Å². The Bertz CT molecular complexity index is 703. The van der Waals surface area contributed by atoms with E-state index in [-0.39, 0.29) is 35.8 Å². The van der Waals surface area contributed by atoms with Crippen LogP contribution in [-0.2, 0) is 11.3 Å². The van der Waals surface area contributed by atoms with E-state index in [0.717, 1.165) is 32.2 Å². The number of aromatic nitrogens is 2. The zero-order chi connectivity index (χ0) is 16.9. The van der Waals surface area contributed by atoms with Gasteiger partial charge in [0.25, 0.3) is 0 Å². The Labute approximate surface area is 140 Å². The summed E-state index contributed by atoms with van der Waals surface area (Å²) in [5.74, 6) is 0.000758. The molecule has 1 fully saturated rings.